The molecule has 0 radical (unpaired) electrons. The molecule has 0 unspecified atom stereocenters. The van der Waals surface area contributed by atoms with Gasteiger partial charge in [0.2, 0.25) is 0 Å². The van der Waals surface area contributed by atoms with Crippen LogP contribution in [0.25, 0.3) is 0 Å². The van der Waals surface area contributed by atoms with Crippen LogP contribution in [0.1, 0.15) is 27.3 Å². The largest absolute Gasteiger partial charge is 0.486 e. The highest BCUT2D eigenvalue weighted by molar-refractivity contribution is 9.11. The quantitative estimate of drug-likeness (QED) is 0.813. The first-order chi connectivity index (χ1) is 9.40. The Morgan fingerprint density at radius 2 is 2.10 bits per heavy atom. The van der Waals surface area contributed by atoms with Gasteiger partial charge >= 0.3 is 5.97 Å². The third-order valence-corrected chi connectivity index (χ3v) is 3.83. The summed E-state index contributed by atoms with van der Waals surface area (Å²) in [6.07, 6.45) is 0. The Kier molecular flexibility index (Phi) is 4.49. The van der Waals surface area contributed by atoms with Gasteiger partial charge in [-0.1, -0.05) is 15.9 Å². The molecule has 106 valence electrons. The van der Waals surface area contributed by atoms with Crippen LogP contribution in [0.2, 0.25) is 0 Å². The summed E-state index contributed by atoms with van der Waals surface area (Å²) in [7, 11) is 0. The molecule has 0 aliphatic rings. The highest BCUT2D eigenvalue weighted by Gasteiger charge is 2.18. The smallest absolute Gasteiger partial charge is 0.339 e. The molecule has 1 aromatic heterocycles. The number of carboxylic acids is 1. The zero-order valence-electron chi connectivity index (χ0n) is 10.8. The lowest BCUT2D eigenvalue weighted by atomic mass is 10.2. The van der Waals surface area contributed by atoms with Gasteiger partial charge in [0.1, 0.15) is 23.6 Å². The third-order valence-electron chi connectivity index (χ3n) is 2.78. The second kappa shape index (κ2) is 5.97. The minimum atomic E-state index is -1.01. The second-order valence-electron chi connectivity index (χ2n) is 4.30. The van der Waals surface area contributed by atoms with Gasteiger partial charge in [-0.3, -0.25) is 5.10 Å². The summed E-state index contributed by atoms with van der Waals surface area (Å²) in [4.78, 5) is 11.2. The van der Waals surface area contributed by atoms with Crippen LogP contribution in [0.5, 0.6) is 5.75 Å². The van der Waals surface area contributed by atoms with Gasteiger partial charge in [-0.15, -0.1) is 0 Å². The van der Waals surface area contributed by atoms with E-state index >= 15 is 0 Å². The van der Waals surface area contributed by atoms with E-state index in [0.29, 0.717) is 17.1 Å². The molecule has 0 bridgehead atoms. The monoisotopic (exact) mass is 402 g/mol. The summed E-state index contributed by atoms with van der Waals surface area (Å²) in [5, 5.41) is 15.8. The number of carboxylic acid groups (broad SMARTS) is 1. The van der Waals surface area contributed by atoms with Crippen molar-refractivity contribution in [1.29, 1.82) is 0 Å². The van der Waals surface area contributed by atoms with Crippen molar-refractivity contribution in [3.8, 4) is 5.75 Å². The zero-order valence-corrected chi connectivity index (χ0v) is 14.0. The van der Waals surface area contributed by atoms with Gasteiger partial charge in [-0.2, -0.15) is 5.10 Å². The van der Waals surface area contributed by atoms with Crippen LogP contribution in [0.15, 0.2) is 21.1 Å². The molecule has 7 heteroatoms. The number of benzene rings is 1. The number of H-pyrrole nitrogens is 1. The van der Waals surface area contributed by atoms with E-state index in [1.54, 1.807) is 6.92 Å². The number of hydrogen-bond acceptors (Lipinski definition) is 3. The predicted molar refractivity (Wildman–Crippen MR) is 81.2 cm³/mol. The number of nitrogens with one attached hydrogen (secondary N) is 1. The molecular formula is C13H12Br2N2O3. The fourth-order valence-corrected chi connectivity index (χ4v) is 3.43. The summed E-state index contributed by atoms with van der Waals surface area (Å²) >= 11 is 6.82. The predicted octanol–water partition coefficient (Wildman–Crippen LogP) is 3.83. The van der Waals surface area contributed by atoms with E-state index in [-0.39, 0.29) is 12.2 Å². The maximum absolute atomic E-state index is 11.2. The number of hydrogen-bond donors (Lipinski definition) is 2. The van der Waals surface area contributed by atoms with Crippen molar-refractivity contribution < 1.29 is 14.6 Å². The van der Waals surface area contributed by atoms with Crippen molar-refractivity contribution in [2.24, 2.45) is 0 Å². The molecule has 0 fully saturated rings. The molecule has 2 N–H and O–H groups in total. The molecule has 1 aromatic carbocycles. The standard InChI is InChI=1S/C13H12Br2N2O3/c1-6-3-8(14)4-9(15)12(6)20-5-10-11(13(18)19)7(2)16-17-10/h3-4H,5H2,1-2H3,(H,16,17)(H,18,19). The Morgan fingerprint density at radius 1 is 1.40 bits per heavy atom. The zero-order chi connectivity index (χ0) is 14.9. The second-order valence-corrected chi connectivity index (χ2v) is 6.07. The lowest BCUT2D eigenvalue weighted by Crippen LogP contribution is -2.06. The van der Waals surface area contributed by atoms with Gasteiger partial charge in [-0.05, 0) is 47.5 Å². The molecule has 2 aromatic rings. The Morgan fingerprint density at radius 3 is 2.70 bits per heavy atom. The van der Waals surface area contributed by atoms with Crippen LogP contribution >= 0.6 is 31.9 Å². The van der Waals surface area contributed by atoms with Gasteiger partial charge in [-0.25, -0.2) is 4.79 Å². The number of ether oxygens (including phenoxy) is 1. The molecular weight excluding hydrogens is 392 g/mol. The van der Waals surface area contributed by atoms with E-state index in [2.05, 4.69) is 42.1 Å². The van der Waals surface area contributed by atoms with Crippen LogP contribution in [0.4, 0.5) is 0 Å². The number of carbonyl (C=O) groups is 1. The Labute approximate surface area is 132 Å². The molecule has 0 saturated heterocycles. The third kappa shape index (κ3) is 3.04. The first-order valence-corrected chi connectivity index (χ1v) is 7.34. The number of nitrogens with zero attached hydrogens (tertiary/aromatic N) is 1. The summed E-state index contributed by atoms with van der Waals surface area (Å²) in [6.45, 7) is 3.67. The van der Waals surface area contributed by atoms with Gasteiger partial charge < -0.3 is 9.84 Å². The lowest BCUT2D eigenvalue weighted by molar-refractivity contribution is 0.0693. The molecule has 5 nitrogen and oxygen atoms in total. The summed E-state index contributed by atoms with van der Waals surface area (Å²) in [5.41, 5.74) is 2.00. The fourth-order valence-electron chi connectivity index (χ4n) is 1.88. The molecule has 0 amide bonds. The minimum Gasteiger partial charge on any atom is -0.486 e. The van der Waals surface area contributed by atoms with Gasteiger partial charge in [0.25, 0.3) is 0 Å². The van der Waals surface area contributed by atoms with E-state index in [1.807, 2.05) is 19.1 Å². The molecule has 0 aliphatic heterocycles. The Bertz CT molecular complexity index is 645. The maximum Gasteiger partial charge on any atom is 0.339 e. The fraction of sp³-hybridized carbons (Fsp3) is 0.231. The van der Waals surface area contributed by atoms with E-state index in [9.17, 15) is 4.79 Å². The summed E-state index contributed by atoms with van der Waals surface area (Å²) in [6, 6.07) is 3.80. The molecule has 1 heterocycles. The Balaban J connectivity index is 2.24. The first-order valence-electron chi connectivity index (χ1n) is 5.75. The number of aryl methyl sites for hydroxylation is 2. The number of rotatable bonds is 4. The maximum atomic E-state index is 11.2. The van der Waals surface area contributed by atoms with Crippen LogP contribution in [-0.2, 0) is 6.61 Å². The molecule has 0 aliphatic carbocycles. The first kappa shape index (κ1) is 15.1. The van der Waals surface area contributed by atoms with Crippen molar-refractivity contribution in [2.75, 3.05) is 0 Å². The van der Waals surface area contributed by atoms with E-state index in [4.69, 9.17) is 9.84 Å². The van der Waals surface area contributed by atoms with Crippen molar-refractivity contribution in [3.05, 3.63) is 43.6 Å². The number of halogens is 2. The molecule has 20 heavy (non-hydrogen) atoms. The van der Waals surface area contributed by atoms with E-state index in [1.165, 1.54) is 0 Å². The summed E-state index contributed by atoms with van der Waals surface area (Å²) < 4.78 is 7.44. The van der Waals surface area contributed by atoms with E-state index < -0.39 is 5.97 Å². The number of aromatic amines is 1. The number of aromatic nitrogens is 2. The van der Waals surface area contributed by atoms with Crippen molar-refractivity contribution >= 4 is 37.8 Å². The van der Waals surface area contributed by atoms with Crippen molar-refractivity contribution in [1.82, 2.24) is 10.2 Å². The van der Waals surface area contributed by atoms with Crippen LogP contribution < -0.4 is 4.74 Å². The highest BCUT2D eigenvalue weighted by atomic mass is 79.9. The van der Waals surface area contributed by atoms with Crippen molar-refractivity contribution in [3.63, 3.8) is 0 Å². The average molecular weight is 404 g/mol. The topological polar surface area (TPSA) is 75.2 Å². The summed E-state index contributed by atoms with van der Waals surface area (Å²) in [5.74, 6) is -0.341. The van der Waals surface area contributed by atoms with Crippen molar-refractivity contribution in [2.45, 2.75) is 20.5 Å². The highest BCUT2D eigenvalue weighted by Crippen LogP contribution is 2.33. The van der Waals surface area contributed by atoms with Gasteiger partial charge in [0.05, 0.1) is 4.47 Å². The Hall–Kier alpha value is -1.34. The molecule has 0 saturated carbocycles. The normalized spacial score (nSPS) is 10.6. The SMILES string of the molecule is Cc1cc(Br)cc(Br)c1OCc1n[nH]c(C)c1C(=O)O. The van der Waals surface area contributed by atoms with Crippen LogP contribution in [0.3, 0.4) is 0 Å². The number of aromatic carboxylic acids is 1. The average Bonchev–Trinajstić information content (AvgIpc) is 2.69. The lowest BCUT2D eigenvalue weighted by Gasteiger charge is -2.11. The van der Waals surface area contributed by atoms with Gasteiger partial charge in [0, 0.05) is 10.2 Å². The van der Waals surface area contributed by atoms with Crippen LogP contribution in [0, 0.1) is 13.8 Å². The van der Waals surface area contributed by atoms with Crippen LogP contribution in [-0.4, -0.2) is 21.3 Å². The molecule has 0 atom stereocenters. The minimum absolute atomic E-state index is 0.0903. The molecule has 2 rings (SSSR count). The molecule has 0 spiro atoms. The van der Waals surface area contributed by atoms with E-state index in [0.717, 1.165) is 14.5 Å². The van der Waals surface area contributed by atoms with Gasteiger partial charge in [0.15, 0.2) is 0 Å².